The van der Waals surface area contributed by atoms with Gasteiger partial charge in [0.2, 0.25) is 5.91 Å². The number of nitrogens with one attached hydrogen (secondary N) is 1. The number of nitro groups is 1. The molecule has 0 bridgehead atoms. The summed E-state index contributed by atoms with van der Waals surface area (Å²) >= 11 is 6.47. The molecule has 172 valence electrons. The van der Waals surface area contributed by atoms with E-state index >= 15 is 0 Å². The molecule has 13 heteroatoms. The van der Waals surface area contributed by atoms with E-state index in [1.165, 1.54) is 48.6 Å². The Bertz CT molecular complexity index is 1150. The van der Waals surface area contributed by atoms with Gasteiger partial charge in [-0.2, -0.15) is 0 Å². The average molecular weight is 493 g/mol. The molecule has 33 heavy (non-hydrogen) atoms. The fraction of sp³-hybridized carbons (Fsp3) is 0.200. The SMILES string of the molecule is CN(CC(=O)NCCN1C(=O)S/C(=C/c2ccc(Cl)c([N+](=O)[O-])c2)C1=O)C(=O)c1ccco1. The molecule has 2 heterocycles. The molecule has 0 atom stereocenters. The molecule has 1 fully saturated rings. The second kappa shape index (κ2) is 10.3. The van der Waals surface area contributed by atoms with Gasteiger partial charge in [-0.1, -0.05) is 17.7 Å². The Kier molecular flexibility index (Phi) is 7.51. The van der Waals surface area contributed by atoms with E-state index in [-0.39, 0.29) is 41.0 Å². The highest BCUT2D eigenvalue weighted by atomic mass is 35.5. The van der Waals surface area contributed by atoms with Crippen LogP contribution < -0.4 is 5.32 Å². The van der Waals surface area contributed by atoms with Crippen LogP contribution in [0.4, 0.5) is 10.5 Å². The molecule has 0 radical (unpaired) electrons. The van der Waals surface area contributed by atoms with Crippen molar-refractivity contribution in [1.82, 2.24) is 15.1 Å². The van der Waals surface area contributed by atoms with Gasteiger partial charge in [0.15, 0.2) is 5.76 Å². The number of imide groups is 1. The van der Waals surface area contributed by atoms with Gasteiger partial charge in [0.05, 0.1) is 22.6 Å². The Morgan fingerprint density at radius 2 is 2.09 bits per heavy atom. The molecule has 0 aliphatic carbocycles. The van der Waals surface area contributed by atoms with Crippen LogP contribution in [0.3, 0.4) is 0 Å². The van der Waals surface area contributed by atoms with Crippen molar-refractivity contribution in [3.05, 3.63) is 68.0 Å². The van der Waals surface area contributed by atoms with E-state index in [4.69, 9.17) is 16.0 Å². The summed E-state index contributed by atoms with van der Waals surface area (Å²) < 4.78 is 4.99. The largest absolute Gasteiger partial charge is 0.459 e. The predicted octanol–water partition coefficient (Wildman–Crippen LogP) is 2.77. The van der Waals surface area contributed by atoms with Crippen LogP contribution >= 0.6 is 23.4 Å². The van der Waals surface area contributed by atoms with Crippen molar-refractivity contribution in [1.29, 1.82) is 0 Å². The number of halogens is 1. The summed E-state index contributed by atoms with van der Waals surface area (Å²) in [6.45, 7) is -0.333. The molecule has 0 spiro atoms. The summed E-state index contributed by atoms with van der Waals surface area (Å²) in [5.41, 5.74) is 0.0250. The van der Waals surface area contributed by atoms with E-state index in [0.717, 1.165) is 4.90 Å². The van der Waals surface area contributed by atoms with Crippen molar-refractivity contribution >= 4 is 58.1 Å². The lowest BCUT2D eigenvalue weighted by Crippen LogP contribution is -2.42. The van der Waals surface area contributed by atoms with E-state index in [1.54, 1.807) is 6.07 Å². The van der Waals surface area contributed by atoms with Gasteiger partial charge >= 0.3 is 0 Å². The Hall–Kier alpha value is -3.64. The number of furan rings is 1. The number of amides is 4. The Labute approximate surface area is 196 Å². The van der Waals surface area contributed by atoms with Gasteiger partial charge in [-0.05, 0) is 41.6 Å². The molecule has 1 aliphatic rings. The quantitative estimate of drug-likeness (QED) is 0.336. The van der Waals surface area contributed by atoms with Gasteiger partial charge in [-0.15, -0.1) is 0 Å². The number of hydrogen-bond acceptors (Lipinski definition) is 8. The molecule has 3 rings (SSSR count). The number of carbonyl (C=O) groups excluding carboxylic acids is 4. The Morgan fingerprint density at radius 1 is 1.33 bits per heavy atom. The van der Waals surface area contributed by atoms with Crippen LogP contribution in [0.5, 0.6) is 0 Å². The topological polar surface area (TPSA) is 143 Å². The van der Waals surface area contributed by atoms with Crippen molar-refractivity contribution < 1.29 is 28.5 Å². The molecule has 1 aromatic carbocycles. The lowest BCUT2D eigenvalue weighted by molar-refractivity contribution is -0.384. The number of thioether (sulfide) groups is 1. The molecule has 1 aliphatic heterocycles. The molecule has 1 aromatic heterocycles. The van der Waals surface area contributed by atoms with Crippen LogP contribution in [0.1, 0.15) is 16.1 Å². The molecule has 1 saturated heterocycles. The zero-order chi connectivity index (χ0) is 24.1. The third-order valence-corrected chi connectivity index (χ3v) is 5.68. The maximum Gasteiger partial charge on any atom is 0.293 e. The highest BCUT2D eigenvalue weighted by Gasteiger charge is 2.34. The second-order valence-electron chi connectivity index (χ2n) is 6.79. The molecular weight excluding hydrogens is 476 g/mol. The number of carbonyl (C=O) groups is 4. The van der Waals surface area contributed by atoms with Gasteiger partial charge in [0, 0.05) is 26.2 Å². The molecule has 0 saturated carbocycles. The summed E-state index contributed by atoms with van der Waals surface area (Å²) in [6, 6.07) is 7.06. The fourth-order valence-electron chi connectivity index (χ4n) is 2.84. The van der Waals surface area contributed by atoms with Crippen LogP contribution in [0, 0.1) is 10.1 Å². The second-order valence-corrected chi connectivity index (χ2v) is 8.19. The maximum atomic E-state index is 12.6. The zero-order valence-corrected chi connectivity index (χ0v) is 18.7. The normalized spacial score (nSPS) is 14.6. The first-order chi connectivity index (χ1) is 15.7. The van der Waals surface area contributed by atoms with Crippen LogP contribution in [0.15, 0.2) is 45.9 Å². The van der Waals surface area contributed by atoms with Gasteiger partial charge in [0.1, 0.15) is 5.02 Å². The highest BCUT2D eigenvalue weighted by Crippen LogP contribution is 2.33. The molecule has 1 N–H and O–H groups in total. The number of nitrogens with zero attached hydrogens (tertiary/aromatic N) is 3. The van der Waals surface area contributed by atoms with Crippen molar-refractivity contribution in [3.8, 4) is 0 Å². The predicted molar refractivity (Wildman–Crippen MR) is 119 cm³/mol. The third kappa shape index (κ3) is 5.79. The van der Waals surface area contributed by atoms with Crippen molar-refractivity contribution in [2.24, 2.45) is 0 Å². The van der Waals surface area contributed by atoms with Crippen molar-refractivity contribution in [3.63, 3.8) is 0 Å². The lowest BCUT2D eigenvalue weighted by Gasteiger charge is -2.16. The number of likely N-dealkylation sites (N-methyl/N-ethyl adjacent to an activating group) is 1. The van der Waals surface area contributed by atoms with Crippen LogP contribution in [0.2, 0.25) is 5.02 Å². The Balaban J connectivity index is 1.54. The van der Waals surface area contributed by atoms with Crippen LogP contribution in [-0.2, 0) is 9.59 Å². The fourth-order valence-corrected chi connectivity index (χ4v) is 3.89. The van der Waals surface area contributed by atoms with E-state index in [9.17, 15) is 29.3 Å². The summed E-state index contributed by atoms with van der Waals surface area (Å²) in [7, 11) is 1.44. The summed E-state index contributed by atoms with van der Waals surface area (Å²) in [5.74, 6) is -1.43. The maximum absolute atomic E-state index is 12.6. The van der Waals surface area contributed by atoms with E-state index in [2.05, 4.69) is 5.32 Å². The van der Waals surface area contributed by atoms with Crippen LogP contribution in [-0.4, -0.2) is 64.4 Å². The number of benzene rings is 1. The summed E-state index contributed by atoms with van der Waals surface area (Å²) in [5, 5.41) is 13.0. The van der Waals surface area contributed by atoms with E-state index in [0.29, 0.717) is 17.3 Å². The molecule has 11 nitrogen and oxygen atoms in total. The molecule has 0 unspecified atom stereocenters. The van der Waals surface area contributed by atoms with Crippen LogP contribution in [0.25, 0.3) is 6.08 Å². The number of rotatable bonds is 8. The van der Waals surface area contributed by atoms with E-state index < -0.39 is 27.9 Å². The first-order valence-electron chi connectivity index (χ1n) is 9.42. The molecule has 4 amide bonds. The van der Waals surface area contributed by atoms with Gasteiger partial charge in [0.25, 0.3) is 22.7 Å². The lowest BCUT2D eigenvalue weighted by atomic mass is 10.2. The standard InChI is InChI=1S/C20H17ClN4O7S/c1-23(18(27)15-3-2-8-32-15)11-17(26)22-6-7-24-19(28)16(33-20(24)29)10-12-4-5-13(21)14(9-12)25(30)31/h2-5,8-10H,6-7,11H2,1H3,(H,22,26)/b16-10+. The summed E-state index contributed by atoms with van der Waals surface area (Å²) in [4.78, 5) is 61.5. The number of hydrogen-bond donors (Lipinski definition) is 1. The van der Waals surface area contributed by atoms with Crippen molar-refractivity contribution in [2.75, 3.05) is 26.7 Å². The summed E-state index contributed by atoms with van der Waals surface area (Å²) in [6.07, 6.45) is 2.71. The van der Waals surface area contributed by atoms with Gasteiger partial charge in [-0.25, -0.2) is 0 Å². The molecule has 2 aromatic rings. The van der Waals surface area contributed by atoms with E-state index in [1.807, 2.05) is 0 Å². The smallest absolute Gasteiger partial charge is 0.293 e. The van der Waals surface area contributed by atoms with Crippen molar-refractivity contribution in [2.45, 2.75) is 0 Å². The third-order valence-electron chi connectivity index (χ3n) is 4.46. The average Bonchev–Trinajstić information content (AvgIpc) is 3.38. The minimum atomic E-state index is -0.645. The zero-order valence-electron chi connectivity index (χ0n) is 17.1. The van der Waals surface area contributed by atoms with Gasteiger partial charge in [-0.3, -0.25) is 34.2 Å². The highest BCUT2D eigenvalue weighted by molar-refractivity contribution is 8.18. The Morgan fingerprint density at radius 3 is 2.76 bits per heavy atom. The molecular formula is C20H17ClN4O7S. The minimum Gasteiger partial charge on any atom is -0.459 e. The first kappa shape index (κ1) is 24.0. The monoisotopic (exact) mass is 492 g/mol. The minimum absolute atomic E-state index is 0.0145. The number of nitro benzene ring substituents is 1. The van der Waals surface area contributed by atoms with Gasteiger partial charge < -0.3 is 14.6 Å². The first-order valence-corrected chi connectivity index (χ1v) is 10.6.